The van der Waals surface area contributed by atoms with Crippen LogP contribution in [-0.4, -0.2) is 30.4 Å². The number of rotatable bonds is 4. The van der Waals surface area contributed by atoms with Crippen molar-refractivity contribution in [1.82, 2.24) is 29.8 Å². The Morgan fingerprint density at radius 1 is 1.03 bits per heavy atom. The van der Waals surface area contributed by atoms with Crippen LogP contribution in [0.1, 0.15) is 47.2 Å². The number of carbonyl (C=O) groups excluding carboxylic acids is 1. The smallest absolute Gasteiger partial charge is 0.255 e. The van der Waals surface area contributed by atoms with E-state index in [4.69, 9.17) is 4.98 Å². The zero-order chi connectivity index (χ0) is 23.5. The van der Waals surface area contributed by atoms with E-state index in [0.29, 0.717) is 41.6 Å². The largest absolute Gasteiger partial charge is 0.342 e. The zero-order valence-corrected chi connectivity index (χ0v) is 18.8. The average molecular weight is 453 g/mol. The number of hydrogen-bond acceptors (Lipinski definition) is 6. The molecule has 1 atom stereocenters. The molecule has 8 nitrogen and oxygen atoms in total. The summed E-state index contributed by atoms with van der Waals surface area (Å²) in [5.74, 6) is 0.869. The SMILES string of the molecule is Cc1nc(-c2ccccc2)ncc1C(=O)NC1CCCCn2c1nc(-c1ccncc1)cc2=O. The Morgan fingerprint density at radius 3 is 2.59 bits per heavy atom. The van der Waals surface area contributed by atoms with Crippen molar-refractivity contribution in [3.63, 3.8) is 0 Å². The number of benzene rings is 1. The van der Waals surface area contributed by atoms with Crippen molar-refractivity contribution in [3.8, 4) is 22.6 Å². The first-order valence-electron chi connectivity index (χ1n) is 11.3. The summed E-state index contributed by atoms with van der Waals surface area (Å²) in [7, 11) is 0. The van der Waals surface area contributed by atoms with Crippen LogP contribution < -0.4 is 10.9 Å². The van der Waals surface area contributed by atoms with E-state index in [1.807, 2.05) is 42.5 Å². The number of amides is 1. The fraction of sp³-hybridized carbons (Fsp3) is 0.231. The van der Waals surface area contributed by atoms with Crippen molar-refractivity contribution >= 4 is 5.91 Å². The fourth-order valence-corrected chi connectivity index (χ4v) is 4.22. The van der Waals surface area contributed by atoms with Crippen LogP contribution in [0.3, 0.4) is 0 Å². The van der Waals surface area contributed by atoms with Crippen molar-refractivity contribution in [3.05, 3.63) is 94.6 Å². The number of carbonyl (C=O) groups is 1. The third-order valence-electron chi connectivity index (χ3n) is 6.01. The molecular formula is C26H24N6O2. The highest BCUT2D eigenvalue weighted by Crippen LogP contribution is 2.25. The van der Waals surface area contributed by atoms with E-state index in [1.54, 1.807) is 36.1 Å². The molecule has 0 spiro atoms. The van der Waals surface area contributed by atoms with Crippen molar-refractivity contribution < 1.29 is 4.79 Å². The first kappa shape index (κ1) is 21.6. The normalized spacial score (nSPS) is 15.3. The summed E-state index contributed by atoms with van der Waals surface area (Å²) in [6.07, 6.45) is 7.32. The molecule has 0 fully saturated rings. The number of aromatic nitrogens is 5. The first-order valence-corrected chi connectivity index (χ1v) is 11.3. The number of hydrogen-bond donors (Lipinski definition) is 1. The molecule has 1 aliphatic rings. The van der Waals surface area contributed by atoms with Gasteiger partial charge in [-0.1, -0.05) is 30.3 Å². The molecule has 5 rings (SSSR count). The van der Waals surface area contributed by atoms with Crippen LogP contribution in [0.25, 0.3) is 22.6 Å². The number of pyridine rings is 1. The second kappa shape index (κ2) is 9.35. The lowest BCUT2D eigenvalue weighted by molar-refractivity contribution is 0.0931. The van der Waals surface area contributed by atoms with Crippen LogP contribution in [-0.2, 0) is 6.54 Å². The highest BCUT2D eigenvalue weighted by atomic mass is 16.2. The molecule has 1 aromatic carbocycles. The van der Waals surface area contributed by atoms with Gasteiger partial charge < -0.3 is 5.32 Å². The van der Waals surface area contributed by atoms with Gasteiger partial charge in [0.1, 0.15) is 5.82 Å². The van der Waals surface area contributed by atoms with Crippen LogP contribution in [0.2, 0.25) is 0 Å². The Morgan fingerprint density at radius 2 is 1.82 bits per heavy atom. The quantitative estimate of drug-likeness (QED) is 0.506. The Kier molecular flexibility index (Phi) is 5.95. The minimum absolute atomic E-state index is 0.121. The maximum atomic E-state index is 13.2. The highest BCUT2D eigenvalue weighted by Gasteiger charge is 2.25. The molecule has 0 aliphatic carbocycles. The topological polar surface area (TPSA) is 103 Å². The maximum absolute atomic E-state index is 13.2. The van der Waals surface area contributed by atoms with Crippen LogP contribution in [0.4, 0.5) is 0 Å². The average Bonchev–Trinajstić information content (AvgIpc) is 3.07. The van der Waals surface area contributed by atoms with Crippen molar-refractivity contribution in [2.75, 3.05) is 0 Å². The molecule has 34 heavy (non-hydrogen) atoms. The predicted octanol–water partition coefficient (Wildman–Crippen LogP) is 3.73. The Bertz CT molecular complexity index is 1390. The molecule has 0 saturated carbocycles. The van der Waals surface area contributed by atoms with E-state index in [9.17, 15) is 9.59 Å². The van der Waals surface area contributed by atoms with Crippen LogP contribution >= 0.6 is 0 Å². The fourth-order valence-electron chi connectivity index (χ4n) is 4.22. The van der Waals surface area contributed by atoms with Gasteiger partial charge >= 0.3 is 0 Å². The third kappa shape index (κ3) is 4.34. The zero-order valence-electron chi connectivity index (χ0n) is 18.8. The monoisotopic (exact) mass is 452 g/mol. The summed E-state index contributed by atoms with van der Waals surface area (Å²) in [5, 5.41) is 3.08. The van der Waals surface area contributed by atoms with E-state index in [1.165, 1.54) is 0 Å². The van der Waals surface area contributed by atoms with Gasteiger partial charge in [0, 0.05) is 42.3 Å². The molecule has 0 radical (unpaired) electrons. The first-order chi connectivity index (χ1) is 16.6. The summed E-state index contributed by atoms with van der Waals surface area (Å²) in [5.41, 5.74) is 3.16. The molecule has 4 aromatic rings. The van der Waals surface area contributed by atoms with Gasteiger partial charge in [-0.2, -0.15) is 0 Å². The van der Waals surface area contributed by atoms with Gasteiger partial charge in [0.15, 0.2) is 5.82 Å². The Hall–Kier alpha value is -4.20. The lowest BCUT2D eigenvalue weighted by atomic mass is 10.1. The van der Waals surface area contributed by atoms with Crippen molar-refractivity contribution in [2.45, 2.75) is 38.8 Å². The minimum atomic E-state index is -0.391. The number of fused-ring (bicyclic) bond motifs is 1. The predicted molar refractivity (Wildman–Crippen MR) is 128 cm³/mol. The van der Waals surface area contributed by atoms with Gasteiger partial charge in [0.2, 0.25) is 0 Å². The lowest BCUT2D eigenvalue weighted by Crippen LogP contribution is -2.34. The molecule has 8 heteroatoms. The van der Waals surface area contributed by atoms with E-state index in [2.05, 4.69) is 20.3 Å². The van der Waals surface area contributed by atoms with Crippen LogP contribution in [0, 0.1) is 6.92 Å². The lowest BCUT2D eigenvalue weighted by Gasteiger charge is -2.20. The molecule has 3 aromatic heterocycles. The molecule has 0 bridgehead atoms. The van der Waals surface area contributed by atoms with Gasteiger partial charge in [-0.3, -0.25) is 19.1 Å². The van der Waals surface area contributed by atoms with Gasteiger partial charge in [-0.25, -0.2) is 15.0 Å². The minimum Gasteiger partial charge on any atom is -0.342 e. The molecule has 1 aliphatic heterocycles. The molecule has 0 saturated heterocycles. The Balaban J connectivity index is 1.46. The number of nitrogens with zero attached hydrogens (tertiary/aromatic N) is 5. The van der Waals surface area contributed by atoms with Gasteiger partial charge in [0.05, 0.1) is 23.0 Å². The van der Waals surface area contributed by atoms with Crippen molar-refractivity contribution in [2.24, 2.45) is 0 Å². The second-order valence-electron chi connectivity index (χ2n) is 8.31. The van der Waals surface area contributed by atoms with E-state index in [0.717, 1.165) is 24.0 Å². The van der Waals surface area contributed by atoms with Crippen molar-refractivity contribution in [1.29, 1.82) is 0 Å². The summed E-state index contributed by atoms with van der Waals surface area (Å²) < 4.78 is 1.67. The molecule has 1 amide bonds. The van der Waals surface area contributed by atoms with E-state index in [-0.39, 0.29) is 11.5 Å². The van der Waals surface area contributed by atoms with Gasteiger partial charge in [-0.15, -0.1) is 0 Å². The van der Waals surface area contributed by atoms with E-state index < -0.39 is 6.04 Å². The third-order valence-corrected chi connectivity index (χ3v) is 6.01. The highest BCUT2D eigenvalue weighted by molar-refractivity contribution is 5.95. The van der Waals surface area contributed by atoms with Gasteiger partial charge in [0.25, 0.3) is 11.5 Å². The summed E-state index contributed by atoms with van der Waals surface area (Å²) in [4.78, 5) is 43.9. The summed E-state index contributed by atoms with van der Waals surface area (Å²) >= 11 is 0. The summed E-state index contributed by atoms with van der Waals surface area (Å²) in [6.45, 7) is 2.38. The van der Waals surface area contributed by atoms with E-state index >= 15 is 0 Å². The molecule has 4 heterocycles. The molecular weight excluding hydrogens is 428 g/mol. The molecule has 1 unspecified atom stereocenters. The second-order valence-corrected chi connectivity index (χ2v) is 8.31. The van der Waals surface area contributed by atoms with Gasteiger partial charge in [-0.05, 0) is 38.3 Å². The summed E-state index contributed by atoms with van der Waals surface area (Å²) in [6, 6.07) is 14.4. The Labute approximate surface area is 196 Å². The molecule has 1 N–H and O–H groups in total. The number of nitrogens with one attached hydrogen (secondary N) is 1. The maximum Gasteiger partial charge on any atom is 0.255 e. The van der Waals surface area contributed by atoms with Crippen LogP contribution in [0.15, 0.2) is 71.9 Å². The molecule has 170 valence electrons. The standard InChI is InChI=1S/C26H24N6O2/c1-17-20(16-28-24(29-17)19-7-3-2-4-8-19)26(34)31-21-9-5-6-14-32-23(33)15-22(30-25(21)32)18-10-12-27-13-11-18/h2-4,7-8,10-13,15-16,21H,5-6,9,14H2,1H3,(H,31,34). The number of aryl methyl sites for hydroxylation is 1. The van der Waals surface area contributed by atoms with Crippen LogP contribution in [0.5, 0.6) is 0 Å².